The lowest BCUT2D eigenvalue weighted by atomic mass is 10.2. The van der Waals surface area contributed by atoms with Crippen molar-refractivity contribution in [2.75, 3.05) is 5.73 Å². The van der Waals surface area contributed by atoms with E-state index in [0.29, 0.717) is 17.0 Å². The van der Waals surface area contributed by atoms with Crippen molar-refractivity contribution in [1.29, 1.82) is 0 Å². The first-order valence-corrected chi connectivity index (χ1v) is 5.42. The molecule has 0 aliphatic rings. The first-order valence-electron chi connectivity index (χ1n) is 5.42. The van der Waals surface area contributed by atoms with Crippen molar-refractivity contribution in [3.05, 3.63) is 12.7 Å². The van der Waals surface area contributed by atoms with Crippen LogP contribution >= 0.6 is 0 Å². The third-order valence-electron chi connectivity index (χ3n) is 2.60. The molecule has 0 fully saturated rings. The summed E-state index contributed by atoms with van der Waals surface area (Å²) in [7, 11) is 0. The zero-order valence-electron chi connectivity index (χ0n) is 9.30. The van der Waals surface area contributed by atoms with Gasteiger partial charge in [-0.05, 0) is 6.42 Å². The second kappa shape index (κ2) is 4.44. The van der Waals surface area contributed by atoms with Crippen LogP contribution in [0.2, 0.25) is 0 Å². The van der Waals surface area contributed by atoms with E-state index in [1.165, 1.54) is 6.33 Å². The number of nitrogens with two attached hydrogens (primary N) is 2. The zero-order chi connectivity index (χ0) is 11.5. The summed E-state index contributed by atoms with van der Waals surface area (Å²) < 4.78 is 1.85. The van der Waals surface area contributed by atoms with E-state index >= 15 is 0 Å². The van der Waals surface area contributed by atoms with E-state index in [0.717, 1.165) is 19.3 Å². The van der Waals surface area contributed by atoms with Crippen molar-refractivity contribution in [1.82, 2.24) is 19.5 Å². The topological polar surface area (TPSA) is 95.6 Å². The summed E-state index contributed by atoms with van der Waals surface area (Å²) >= 11 is 0. The Morgan fingerprint density at radius 1 is 1.38 bits per heavy atom. The molecule has 6 nitrogen and oxygen atoms in total. The maximum Gasteiger partial charge on any atom is 0.166 e. The van der Waals surface area contributed by atoms with Gasteiger partial charge in [0.15, 0.2) is 11.5 Å². The largest absolute Gasteiger partial charge is 0.382 e. The Kier molecular flexibility index (Phi) is 3.00. The molecule has 2 aromatic rings. The standard InChI is InChI=1S/C10H16N6/c1-2-3-4-7(11)16-6-15-8-9(12)13-5-14-10(8)16/h5-7H,2-4,11H2,1H3,(H2,12,13,14). The predicted octanol–water partition coefficient (Wildman–Crippen LogP) is 1.06. The highest BCUT2D eigenvalue weighted by Gasteiger charge is 2.12. The lowest BCUT2D eigenvalue weighted by Gasteiger charge is -2.12. The molecular weight excluding hydrogens is 204 g/mol. The number of unbranched alkanes of at least 4 members (excludes halogenated alkanes) is 1. The van der Waals surface area contributed by atoms with Crippen LogP contribution < -0.4 is 11.5 Å². The Morgan fingerprint density at radius 3 is 2.94 bits per heavy atom. The summed E-state index contributed by atoms with van der Waals surface area (Å²) in [5.74, 6) is 0.395. The van der Waals surface area contributed by atoms with Gasteiger partial charge in [-0.1, -0.05) is 19.8 Å². The van der Waals surface area contributed by atoms with E-state index in [1.807, 2.05) is 4.57 Å². The minimum absolute atomic E-state index is 0.0979. The summed E-state index contributed by atoms with van der Waals surface area (Å²) in [5, 5.41) is 0. The quantitative estimate of drug-likeness (QED) is 0.803. The van der Waals surface area contributed by atoms with Crippen molar-refractivity contribution < 1.29 is 0 Å². The van der Waals surface area contributed by atoms with Gasteiger partial charge in [0.1, 0.15) is 11.8 Å². The van der Waals surface area contributed by atoms with E-state index in [4.69, 9.17) is 11.5 Å². The van der Waals surface area contributed by atoms with Gasteiger partial charge in [0.2, 0.25) is 0 Å². The highest BCUT2D eigenvalue weighted by molar-refractivity contribution is 5.81. The van der Waals surface area contributed by atoms with Gasteiger partial charge in [-0.15, -0.1) is 0 Å². The van der Waals surface area contributed by atoms with Gasteiger partial charge in [0.05, 0.1) is 12.5 Å². The van der Waals surface area contributed by atoms with E-state index in [-0.39, 0.29) is 6.17 Å². The predicted molar refractivity (Wildman–Crippen MR) is 62.5 cm³/mol. The molecule has 0 amide bonds. The Labute approximate surface area is 93.7 Å². The molecular formula is C10H16N6. The van der Waals surface area contributed by atoms with Crippen LogP contribution in [0, 0.1) is 0 Å². The SMILES string of the molecule is CCCCC(N)n1cnc2c(N)ncnc21. The van der Waals surface area contributed by atoms with E-state index in [2.05, 4.69) is 21.9 Å². The normalized spacial score (nSPS) is 13.1. The maximum absolute atomic E-state index is 6.06. The molecule has 6 heteroatoms. The Bertz CT molecular complexity index is 477. The average molecular weight is 220 g/mol. The van der Waals surface area contributed by atoms with Crippen LogP contribution in [0.15, 0.2) is 12.7 Å². The van der Waals surface area contributed by atoms with Crippen molar-refractivity contribution in [3.63, 3.8) is 0 Å². The van der Waals surface area contributed by atoms with Gasteiger partial charge >= 0.3 is 0 Å². The molecule has 2 aromatic heterocycles. The van der Waals surface area contributed by atoms with Gasteiger partial charge in [-0.2, -0.15) is 0 Å². The number of anilines is 1. The molecule has 16 heavy (non-hydrogen) atoms. The second-order valence-electron chi connectivity index (χ2n) is 3.79. The minimum Gasteiger partial charge on any atom is -0.382 e. The highest BCUT2D eigenvalue weighted by Crippen LogP contribution is 2.18. The summed E-state index contributed by atoms with van der Waals surface area (Å²) in [6.07, 6.45) is 6.13. The van der Waals surface area contributed by atoms with Crippen molar-refractivity contribution >= 4 is 17.0 Å². The smallest absolute Gasteiger partial charge is 0.166 e. The number of imidazole rings is 1. The number of hydrogen-bond donors (Lipinski definition) is 2. The van der Waals surface area contributed by atoms with Gasteiger partial charge < -0.3 is 11.5 Å². The summed E-state index contributed by atoms with van der Waals surface area (Å²) in [5.41, 5.74) is 13.1. The second-order valence-corrected chi connectivity index (χ2v) is 3.79. The molecule has 86 valence electrons. The van der Waals surface area contributed by atoms with Gasteiger partial charge in [-0.3, -0.25) is 4.57 Å². The van der Waals surface area contributed by atoms with Gasteiger partial charge in [-0.25, -0.2) is 15.0 Å². The van der Waals surface area contributed by atoms with Crippen LogP contribution in [0.25, 0.3) is 11.2 Å². The molecule has 0 saturated carbocycles. The first kappa shape index (κ1) is 10.8. The fourth-order valence-corrected chi connectivity index (χ4v) is 1.67. The van der Waals surface area contributed by atoms with Crippen molar-refractivity contribution in [3.8, 4) is 0 Å². The minimum atomic E-state index is -0.0979. The zero-order valence-corrected chi connectivity index (χ0v) is 9.30. The monoisotopic (exact) mass is 220 g/mol. The molecule has 1 atom stereocenters. The first-order chi connectivity index (χ1) is 7.74. The third-order valence-corrected chi connectivity index (χ3v) is 2.60. The van der Waals surface area contributed by atoms with Gasteiger partial charge in [0.25, 0.3) is 0 Å². The van der Waals surface area contributed by atoms with E-state index < -0.39 is 0 Å². The number of fused-ring (bicyclic) bond motifs is 1. The van der Waals surface area contributed by atoms with Crippen LogP contribution in [0.5, 0.6) is 0 Å². The van der Waals surface area contributed by atoms with Crippen molar-refractivity contribution in [2.45, 2.75) is 32.4 Å². The van der Waals surface area contributed by atoms with Crippen LogP contribution in [-0.4, -0.2) is 19.5 Å². The lowest BCUT2D eigenvalue weighted by Crippen LogP contribution is -2.18. The number of nitrogens with zero attached hydrogens (tertiary/aromatic N) is 4. The molecule has 0 bridgehead atoms. The Morgan fingerprint density at radius 2 is 2.19 bits per heavy atom. The maximum atomic E-state index is 6.06. The molecule has 0 aromatic carbocycles. The molecule has 2 heterocycles. The number of aromatic nitrogens is 4. The molecule has 2 rings (SSSR count). The molecule has 4 N–H and O–H groups in total. The molecule has 1 unspecified atom stereocenters. The molecule has 0 saturated heterocycles. The number of hydrogen-bond acceptors (Lipinski definition) is 5. The summed E-state index contributed by atoms with van der Waals surface area (Å²) in [4.78, 5) is 12.2. The van der Waals surface area contributed by atoms with E-state index in [1.54, 1.807) is 6.33 Å². The number of nitrogen functional groups attached to an aromatic ring is 1. The lowest BCUT2D eigenvalue weighted by molar-refractivity contribution is 0.472. The Balaban J connectivity index is 2.34. The molecule has 0 spiro atoms. The fourth-order valence-electron chi connectivity index (χ4n) is 1.67. The van der Waals surface area contributed by atoms with E-state index in [9.17, 15) is 0 Å². The van der Waals surface area contributed by atoms with Crippen molar-refractivity contribution in [2.24, 2.45) is 5.73 Å². The van der Waals surface area contributed by atoms with Gasteiger partial charge in [0, 0.05) is 0 Å². The fraction of sp³-hybridized carbons (Fsp3) is 0.500. The number of rotatable bonds is 4. The highest BCUT2D eigenvalue weighted by atomic mass is 15.2. The molecule has 0 radical (unpaired) electrons. The van der Waals surface area contributed by atoms with Crippen LogP contribution in [-0.2, 0) is 0 Å². The molecule has 0 aliphatic heterocycles. The third kappa shape index (κ3) is 1.83. The van der Waals surface area contributed by atoms with Crippen LogP contribution in [0.3, 0.4) is 0 Å². The van der Waals surface area contributed by atoms with Crippen LogP contribution in [0.4, 0.5) is 5.82 Å². The Hall–Kier alpha value is -1.69. The molecule has 0 aliphatic carbocycles. The average Bonchev–Trinajstić information content (AvgIpc) is 2.71. The van der Waals surface area contributed by atoms with Crippen LogP contribution in [0.1, 0.15) is 32.4 Å². The summed E-state index contributed by atoms with van der Waals surface area (Å²) in [6, 6.07) is 0. The summed E-state index contributed by atoms with van der Waals surface area (Å²) in [6.45, 7) is 2.14.